The van der Waals surface area contributed by atoms with Gasteiger partial charge in [-0.3, -0.25) is 4.79 Å². The lowest BCUT2D eigenvalue weighted by Gasteiger charge is -2.11. The molecular formula is C22H21BrN2O3. The second kappa shape index (κ2) is 8.89. The number of nitrogens with zero attached hydrogens (tertiary/aromatic N) is 1. The van der Waals surface area contributed by atoms with Crippen LogP contribution in [0.2, 0.25) is 0 Å². The first-order valence-electron chi connectivity index (χ1n) is 8.90. The molecule has 3 aromatic rings. The SMILES string of the molecule is CC(C)c1ccc(OCC(=O)N/N=C/c2c(O)ccc3ccccc23)c(Br)c1. The third-order valence-electron chi connectivity index (χ3n) is 4.31. The zero-order chi connectivity index (χ0) is 20.1. The predicted octanol–water partition coefficient (Wildman–Crippen LogP) is 4.96. The number of hydrogen-bond acceptors (Lipinski definition) is 4. The lowest BCUT2D eigenvalue weighted by Crippen LogP contribution is -2.24. The molecule has 0 fully saturated rings. The fraction of sp³-hybridized carbons (Fsp3) is 0.182. The Morgan fingerprint density at radius 1 is 1.21 bits per heavy atom. The van der Waals surface area contributed by atoms with E-state index >= 15 is 0 Å². The average molecular weight is 441 g/mol. The summed E-state index contributed by atoms with van der Waals surface area (Å²) in [5, 5.41) is 15.9. The number of carbonyl (C=O) groups is 1. The van der Waals surface area contributed by atoms with Gasteiger partial charge in [0.15, 0.2) is 6.61 Å². The summed E-state index contributed by atoms with van der Waals surface area (Å²) in [6.07, 6.45) is 1.43. The lowest BCUT2D eigenvalue weighted by molar-refractivity contribution is -0.123. The Hall–Kier alpha value is -2.86. The highest BCUT2D eigenvalue weighted by Gasteiger charge is 2.08. The fourth-order valence-electron chi connectivity index (χ4n) is 2.76. The zero-order valence-electron chi connectivity index (χ0n) is 15.6. The van der Waals surface area contributed by atoms with Crippen molar-refractivity contribution in [2.75, 3.05) is 6.61 Å². The molecule has 0 aliphatic carbocycles. The number of nitrogens with one attached hydrogen (secondary N) is 1. The molecule has 0 spiro atoms. The summed E-state index contributed by atoms with van der Waals surface area (Å²) in [6, 6.07) is 16.9. The molecule has 0 saturated carbocycles. The minimum atomic E-state index is -0.393. The van der Waals surface area contributed by atoms with Gasteiger partial charge in [-0.25, -0.2) is 5.43 Å². The molecule has 0 aromatic heterocycles. The van der Waals surface area contributed by atoms with Crippen LogP contribution in [0.3, 0.4) is 0 Å². The van der Waals surface area contributed by atoms with Crippen molar-refractivity contribution in [3.63, 3.8) is 0 Å². The number of rotatable bonds is 6. The number of phenolic OH excluding ortho intramolecular Hbond substituents is 1. The number of carbonyl (C=O) groups excluding carboxylic acids is 1. The Labute approximate surface area is 172 Å². The predicted molar refractivity (Wildman–Crippen MR) is 115 cm³/mol. The van der Waals surface area contributed by atoms with Gasteiger partial charge in [-0.1, -0.05) is 50.2 Å². The van der Waals surface area contributed by atoms with Crippen LogP contribution in [0.1, 0.15) is 30.9 Å². The monoisotopic (exact) mass is 440 g/mol. The minimum absolute atomic E-state index is 0.0992. The van der Waals surface area contributed by atoms with E-state index in [9.17, 15) is 9.90 Å². The van der Waals surface area contributed by atoms with Crippen LogP contribution in [0.5, 0.6) is 11.5 Å². The Morgan fingerprint density at radius 3 is 2.75 bits per heavy atom. The van der Waals surface area contributed by atoms with Crippen LogP contribution < -0.4 is 10.2 Å². The molecule has 0 atom stereocenters. The van der Waals surface area contributed by atoms with Gasteiger partial charge in [0.2, 0.25) is 0 Å². The minimum Gasteiger partial charge on any atom is -0.507 e. The van der Waals surface area contributed by atoms with Gasteiger partial charge in [0.05, 0.1) is 10.7 Å². The second-order valence-electron chi connectivity index (χ2n) is 6.65. The molecule has 0 unspecified atom stereocenters. The summed E-state index contributed by atoms with van der Waals surface area (Å²) in [5.41, 5.74) is 4.15. The van der Waals surface area contributed by atoms with Crippen LogP contribution in [-0.2, 0) is 4.79 Å². The van der Waals surface area contributed by atoms with Gasteiger partial charge in [0.25, 0.3) is 5.91 Å². The van der Waals surface area contributed by atoms with Gasteiger partial charge in [-0.05, 0) is 56.4 Å². The van der Waals surface area contributed by atoms with Crippen molar-refractivity contribution in [2.45, 2.75) is 19.8 Å². The number of benzene rings is 3. The maximum Gasteiger partial charge on any atom is 0.277 e. The first-order valence-corrected chi connectivity index (χ1v) is 9.70. The number of aromatic hydroxyl groups is 1. The number of ether oxygens (including phenoxy) is 1. The van der Waals surface area contributed by atoms with E-state index in [4.69, 9.17) is 4.74 Å². The Bertz CT molecular complexity index is 1030. The molecule has 0 saturated heterocycles. The van der Waals surface area contributed by atoms with Crippen LogP contribution in [0, 0.1) is 0 Å². The number of phenols is 1. The molecule has 1 amide bonds. The first-order chi connectivity index (χ1) is 13.5. The molecule has 2 N–H and O–H groups in total. The van der Waals surface area contributed by atoms with Crippen molar-refractivity contribution in [3.8, 4) is 11.5 Å². The highest BCUT2D eigenvalue weighted by atomic mass is 79.9. The van der Waals surface area contributed by atoms with Crippen molar-refractivity contribution in [1.29, 1.82) is 0 Å². The maximum atomic E-state index is 12.0. The van der Waals surface area contributed by atoms with Crippen molar-refractivity contribution in [3.05, 3.63) is 70.2 Å². The van der Waals surface area contributed by atoms with Crippen molar-refractivity contribution in [2.24, 2.45) is 5.10 Å². The lowest BCUT2D eigenvalue weighted by atomic mass is 10.0. The zero-order valence-corrected chi connectivity index (χ0v) is 17.2. The molecule has 0 radical (unpaired) electrons. The quantitative estimate of drug-likeness (QED) is 0.420. The maximum absolute atomic E-state index is 12.0. The molecule has 6 heteroatoms. The van der Waals surface area contributed by atoms with Crippen LogP contribution in [0.4, 0.5) is 0 Å². The molecule has 3 rings (SSSR count). The van der Waals surface area contributed by atoms with Crippen LogP contribution in [0.15, 0.2) is 64.2 Å². The standard InChI is InChI=1S/C22H21BrN2O3/c1-14(2)16-8-10-21(19(23)11-16)28-13-22(27)25-24-12-18-17-6-4-3-5-15(17)7-9-20(18)26/h3-12,14,26H,13H2,1-2H3,(H,25,27)/b24-12+. The molecule has 0 aliphatic heterocycles. The van der Waals surface area contributed by atoms with Crippen LogP contribution >= 0.6 is 15.9 Å². The molecule has 28 heavy (non-hydrogen) atoms. The molecule has 0 heterocycles. The fourth-order valence-corrected chi connectivity index (χ4v) is 3.27. The topological polar surface area (TPSA) is 70.9 Å². The summed E-state index contributed by atoms with van der Waals surface area (Å²) in [4.78, 5) is 12.0. The van der Waals surface area contributed by atoms with Gasteiger partial charge in [0, 0.05) is 5.56 Å². The molecule has 0 aliphatic rings. The number of fused-ring (bicyclic) bond motifs is 1. The summed E-state index contributed by atoms with van der Waals surface area (Å²) < 4.78 is 6.35. The largest absolute Gasteiger partial charge is 0.507 e. The van der Waals surface area contributed by atoms with Gasteiger partial charge >= 0.3 is 0 Å². The Kier molecular flexibility index (Phi) is 6.31. The van der Waals surface area contributed by atoms with E-state index in [1.165, 1.54) is 11.8 Å². The van der Waals surface area contributed by atoms with Gasteiger partial charge in [-0.2, -0.15) is 5.10 Å². The third-order valence-corrected chi connectivity index (χ3v) is 4.93. The average Bonchev–Trinajstić information content (AvgIpc) is 2.68. The molecular weight excluding hydrogens is 420 g/mol. The van der Waals surface area contributed by atoms with E-state index in [1.807, 2.05) is 48.5 Å². The second-order valence-corrected chi connectivity index (χ2v) is 7.50. The highest BCUT2D eigenvalue weighted by molar-refractivity contribution is 9.10. The Morgan fingerprint density at radius 2 is 2.00 bits per heavy atom. The summed E-state index contributed by atoms with van der Waals surface area (Å²) in [6.45, 7) is 4.06. The number of hydrazone groups is 1. The normalized spacial score (nSPS) is 11.3. The van der Waals surface area contributed by atoms with E-state index in [1.54, 1.807) is 6.07 Å². The van der Waals surface area contributed by atoms with Crippen LogP contribution in [-0.4, -0.2) is 23.8 Å². The van der Waals surface area contributed by atoms with Gasteiger partial charge in [0.1, 0.15) is 11.5 Å². The van der Waals surface area contributed by atoms with Crippen LogP contribution in [0.25, 0.3) is 10.8 Å². The van der Waals surface area contributed by atoms with E-state index in [0.717, 1.165) is 15.2 Å². The van der Waals surface area contributed by atoms with Crippen molar-refractivity contribution in [1.82, 2.24) is 5.43 Å². The summed E-state index contributed by atoms with van der Waals surface area (Å²) in [5.74, 6) is 0.710. The van der Waals surface area contributed by atoms with Crippen molar-refractivity contribution >= 4 is 38.8 Å². The van der Waals surface area contributed by atoms with E-state index in [2.05, 4.69) is 40.3 Å². The van der Waals surface area contributed by atoms with Gasteiger partial charge < -0.3 is 9.84 Å². The van der Waals surface area contributed by atoms with Gasteiger partial charge in [-0.15, -0.1) is 0 Å². The Balaban J connectivity index is 1.62. The van der Waals surface area contributed by atoms with E-state index < -0.39 is 5.91 Å². The van der Waals surface area contributed by atoms with E-state index in [-0.39, 0.29) is 12.4 Å². The first kappa shape index (κ1) is 19.9. The molecule has 144 valence electrons. The van der Waals surface area contributed by atoms with Crippen molar-refractivity contribution < 1.29 is 14.6 Å². The summed E-state index contributed by atoms with van der Waals surface area (Å²) in [7, 11) is 0. The smallest absolute Gasteiger partial charge is 0.277 e. The third kappa shape index (κ3) is 4.70. The number of halogens is 1. The van der Waals surface area contributed by atoms with E-state index in [0.29, 0.717) is 17.2 Å². The molecule has 5 nitrogen and oxygen atoms in total. The molecule has 3 aromatic carbocycles. The number of hydrogen-bond donors (Lipinski definition) is 2. The molecule has 0 bridgehead atoms. The summed E-state index contributed by atoms with van der Waals surface area (Å²) >= 11 is 3.47. The number of amides is 1. The highest BCUT2D eigenvalue weighted by Crippen LogP contribution is 2.29.